The van der Waals surface area contributed by atoms with Gasteiger partial charge in [-0.2, -0.15) is 0 Å². The van der Waals surface area contributed by atoms with Crippen molar-refractivity contribution in [1.29, 1.82) is 0 Å². The van der Waals surface area contributed by atoms with Crippen molar-refractivity contribution in [1.82, 2.24) is 10.2 Å². The highest BCUT2D eigenvalue weighted by Gasteiger charge is 2.14. The molecule has 0 unspecified atom stereocenters. The van der Waals surface area contributed by atoms with Crippen LogP contribution in [0.4, 0.5) is 5.69 Å². The Labute approximate surface area is 161 Å². The van der Waals surface area contributed by atoms with E-state index in [1.807, 2.05) is 36.4 Å². The summed E-state index contributed by atoms with van der Waals surface area (Å²) in [7, 11) is 1.61. The van der Waals surface area contributed by atoms with E-state index in [1.165, 1.54) is 6.26 Å². The number of anilines is 1. The molecule has 7 heteroatoms. The van der Waals surface area contributed by atoms with Gasteiger partial charge in [0.15, 0.2) is 0 Å². The molecule has 0 atom stereocenters. The second kappa shape index (κ2) is 7.40. The Kier molecular flexibility index (Phi) is 4.63. The number of furan rings is 1. The van der Waals surface area contributed by atoms with Gasteiger partial charge in [-0.15, -0.1) is 10.2 Å². The summed E-state index contributed by atoms with van der Waals surface area (Å²) in [6.07, 6.45) is 1.49. The predicted octanol–water partition coefficient (Wildman–Crippen LogP) is 4.57. The van der Waals surface area contributed by atoms with Gasteiger partial charge in [0.25, 0.3) is 5.91 Å². The molecular formula is C21H17N3O4. The minimum atomic E-state index is -0.243. The van der Waals surface area contributed by atoms with Crippen molar-refractivity contribution >= 4 is 11.6 Å². The molecule has 2 aromatic carbocycles. The first-order valence-corrected chi connectivity index (χ1v) is 8.58. The molecule has 0 bridgehead atoms. The van der Waals surface area contributed by atoms with Crippen molar-refractivity contribution in [3.8, 4) is 28.7 Å². The molecule has 7 nitrogen and oxygen atoms in total. The molecule has 0 radical (unpaired) electrons. The summed E-state index contributed by atoms with van der Waals surface area (Å²) < 4.78 is 16.1. The zero-order valence-corrected chi connectivity index (χ0v) is 15.3. The van der Waals surface area contributed by atoms with Gasteiger partial charge in [0.2, 0.25) is 11.8 Å². The van der Waals surface area contributed by atoms with Crippen LogP contribution < -0.4 is 10.1 Å². The van der Waals surface area contributed by atoms with E-state index >= 15 is 0 Å². The minimum absolute atomic E-state index is 0.243. The standard InChI is InChI=1S/C21H17N3O4/c1-13-18(10-11-27-13)19(25)22-16-5-3-4-15(12-16)21-24-23-20(28-21)14-6-8-17(26-2)9-7-14/h3-12H,1-2H3,(H,22,25). The number of amides is 1. The second-order valence-electron chi connectivity index (χ2n) is 6.07. The lowest BCUT2D eigenvalue weighted by Crippen LogP contribution is -2.12. The predicted molar refractivity (Wildman–Crippen MR) is 103 cm³/mol. The maximum absolute atomic E-state index is 12.4. The highest BCUT2D eigenvalue weighted by atomic mass is 16.5. The first kappa shape index (κ1) is 17.5. The molecule has 2 aromatic heterocycles. The van der Waals surface area contributed by atoms with Gasteiger partial charge in [-0.05, 0) is 55.5 Å². The van der Waals surface area contributed by atoms with Crippen LogP contribution in [-0.4, -0.2) is 23.2 Å². The number of benzene rings is 2. The van der Waals surface area contributed by atoms with Crippen LogP contribution in [0.2, 0.25) is 0 Å². The Hall–Kier alpha value is -3.87. The lowest BCUT2D eigenvalue weighted by atomic mass is 10.2. The topological polar surface area (TPSA) is 90.4 Å². The Morgan fingerprint density at radius 2 is 1.75 bits per heavy atom. The fourth-order valence-corrected chi connectivity index (χ4v) is 2.74. The molecule has 2 heterocycles. The Bertz CT molecular complexity index is 1110. The number of aryl methyl sites for hydroxylation is 1. The van der Waals surface area contributed by atoms with Gasteiger partial charge in [-0.25, -0.2) is 0 Å². The average Bonchev–Trinajstić information content (AvgIpc) is 3.37. The number of carbonyl (C=O) groups is 1. The van der Waals surface area contributed by atoms with Crippen LogP contribution >= 0.6 is 0 Å². The highest BCUT2D eigenvalue weighted by Crippen LogP contribution is 2.27. The number of aromatic nitrogens is 2. The molecule has 1 N–H and O–H groups in total. The fourth-order valence-electron chi connectivity index (χ4n) is 2.74. The number of hydrogen-bond donors (Lipinski definition) is 1. The van der Waals surface area contributed by atoms with E-state index in [4.69, 9.17) is 13.6 Å². The smallest absolute Gasteiger partial charge is 0.259 e. The van der Waals surface area contributed by atoms with Crippen LogP contribution in [0, 0.1) is 6.92 Å². The van der Waals surface area contributed by atoms with Crippen LogP contribution in [0.3, 0.4) is 0 Å². The molecule has 1 amide bonds. The Morgan fingerprint density at radius 1 is 1.00 bits per heavy atom. The van der Waals surface area contributed by atoms with E-state index in [1.54, 1.807) is 32.2 Å². The summed E-state index contributed by atoms with van der Waals surface area (Å²) >= 11 is 0. The van der Waals surface area contributed by atoms with Gasteiger partial charge in [-0.3, -0.25) is 4.79 Å². The van der Waals surface area contributed by atoms with Gasteiger partial charge < -0.3 is 18.9 Å². The number of nitrogens with one attached hydrogen (secondary N) is 1. The summed E-state index contributed by atoms with van der Waals surface area (Å²) in [5.41, 5.74) is 2.60. The van der Waals surface area contributed by atoms with E-state index in [2.05, 4.69) is 15.5 Å². The van der Waals surface area contributed by atoms with Crippen LogP contribution in [0.25, 0.3) is 22.9 Å². The molecule has 0 aliphatic heterocycles. The molecule has 0 saturated carbocycles. The van der Waals surface area contributed by atoms with Crippen molar-refractivity contribution in [3.63, 3.8) is 0 Å². The van der Waals surface area contributed by atoms with Crippen molar-refractivity contribution < 1.29 is 18.4 Å². The molecule has 28 heavy (non-hydrogen) atoms. The van der Waals surface area contributed by atoms with Crippen molar-refractivity contribution in [2.75, 3.05) is 12.4 Å². The number of ether oxygens (including phenoxy) is 1. The normalized spacial score (nSPS) is 10.6. The van der Waals surface area contributed by atoms with Crippen molar-refractivity contribution in [3.05, 3.63) is 72.2 Å². The minimum Gasteiger partial charge on any atom is -0.497 e. The Morgan fingerprint density at radius 3 is 2.43 bits per heavy atom. The molecule has 0 fully saturated rings. The molecule has 0 spiro atoms. The summed E-state index contributed by atoms with van der Waals surface area (Å²) in [5, 5.41) is 11.1. The fraction of sp³-hybridized carbons (Fsp3) is 0.0952. The molecule has 0 saturated heterocycles. The number of nitrogens with zero attached hydrogens (tertiary/aromatic N) is 2. The quantitative estimate of drug-likeness (QED) is 0.550. The first-order valence-electron chi connectivity index (χ1n) is 8.58. The largest absolute Gasteiger partial charge is 0.497 e. The zero-order chi connectivity index (χ0) is 19.5. The van der Waals surface area contributed by atoms with E-state index in [0.717, 1.165) is 11.3 Å². The third kappa shape index (κ3) is 3.50. The van der Waals surface area contributed by atoms with Crippen molar-refractivity contribution in [2.24, 2.45) is 0 Å². The maximum Gasteiger partial charge on any atom is 0.259 e. The van der Waals surface area contributed by atoms with Gasteiger partial charge >= 0.3 is 0 Å². The van der Waals surface area contributed by atoms with Crippen LogP contribution in [0.15, 0.2) is 69.7 Å². The molecule has 0 aliphatic carbocycles. The summed E-state index contributed by atoms with van der Waals surface area (Å²) in [4.78, 5) is 12.4. The third-order valence-electron chi connectivity index (χ3n) is 4.23. The van der Waals surface area contributed by atoms with Crippen molar-refractivity contribution in [2.45, 2.75) is 6.92 Å². The van der Waals surface area contributed by atoms with Crippen LogP contribution in [0.5, 0.6) is 5.75 Å². The molecule has 140 valence electrons. The lowest BCUT2D eigenvalue weighted by molar-refractivity contribution is 0.102. The summed E-state index contributed by atoms with van der Waals surface area (Å²) in [6.45, 7) is 1.74. The monoisotopic (exact) mass is 375 g/mol. The average molecular weight is 375 g/mol. The van der Waals surface area contributed by atoms with Gasteiger partial charge in [0.1, 0.15) is 11.5 Å². The lowest BCUT2D eigenvalue weighted by Gasteiger charge is -2.05. The third-order valence-corrected chi connectivity index (χ3v) is 4.23. The van der Waals surface area contributed by atoms with Gasteiger partial charge in [-0.1, -0.05) is 6.07 Å². The number of hydrogen-bond acceptors (Lipinski definition) is 6. The van der Waals surface area contributed by atoms with Gasteiger partial charge in [0, 0.05) is 16.8 Å². The first-order chi connectivity index (χ1) is 13.6. The number of carbonyl (C=O) groups excluding carboxylic acids is 1. The SMILES string of the molecule is COc1ccc(-c2nnc(-c3cccc(NC(=O)c4ccoc4C)c3)o2)cc1. The van der Waals surface area contributed by atoms with E-state index in [0.29, 0.717) is 34.4 Å². The maximum atomic E-state index is 12.4. The molecule has 4 rings (SSSR count). The molecule has 4 aromatic rings. The molecule has 0 aliphatic rings. The van der Waals surface area contributed by atoms with Crippen LogP contribution in [-0.2, 0) is 0 Å². The van der Waals surface area contributed by atoms with E-state index in [9.17, 15) is 4.79 Å². The van der Waals surface area contributed by atoms with E-state index in [-0.39, 0.29) is 5.91 Å². The Balaban J connectivity index is 1.55. The second-order valence-corrected chi connectivity index (χ2v) is 6.07. The summed E-state index contributed by atoms with van der Waals surface area (Å²) in [5.74, 6) is 1.84. The van der Waals surface area contributed by atoms with Gasteiger partial charge in [0.05, 0.1) is 18.9 Å². The summed E-state index contributed by atoms with van der Waals surface area (Å²) in [6, 6.07) is 16.2. The number of methoxy groups -OCH3 is 1. The highest BCUT2D eigenvalue weighted by molar-refractivity contribution is 6.05. The van der Waals surface area contributed by atoms with E-state index < -0.39 is 0 Å². The number of rotatable bonds is 5. The molecular weight excluding hydrogens is 358 g/mol. The van der Waals surface area contributed by atoms with Crippen LogP contribution in [0.1, 0.15) is 16.1 Å². The zero-order valence-electron chi connectivity index (χ0n) is 15.3.